The number of fused-ring (bicyclic) bond motifs is 1. The number of nitrogens with zero attached hydrogens (tertiary/aromatic N) is 2. The highest BCUT2D eigenvalue weighted by Crippen LogP contribution is 2.45. The van der Waals surface area contributed by atoms with Gasteiger partial charge in [0.2, 0.25) is 5.91 Å². The van der Waals surface area contributed by atoms with E-state index in [2.05, 4.69) is 44.0 Å². The summed E-state index contributed by atoms with van der Waals surface area (Å²) in [6.45, 7) is 17.0. The zero-order valence-electron chi connectivity index (χ0n) is 25.5. The minimum absolute atomic E-state index is 0.0559. The van der Waals surface area contributed by atoms with Gasteiger partial charge >= 0.3 is 6.09 Å². The molecule has 41 heavy (non-hydrogen) atoms. The van der Waals surface area contributed by atoms with Gasteiger partial charge in [-0.3, -0.25) is 9.69 Å². The molecule has 224 valence electrons. The highest BCUT2D eigenvalue weighted by molar-refractivity contribution is 5.87. The summed E-state index contributed by atoms with van der Waals surface area (Å²) >= 11 is 0. The topological polar surface area (TPSA) is 113 Å². The molecule has 4 rings (SSSR count). The Balaban J connectivity index is 1.52. The third-order valence-electron chi connectivity index (χ3n) is 9.46. The molecule has 2 amide bonds. The largest absolute Gasteiger partial charge is 0.508 e. The van der Waals surface area contributed by atoms with Gasteiger partial charge in [0.15, 0.2) is 0 Å². The SMILES string of the molecule is CC(C)[C@@H](CN1CC[C@](C)(c2cccc(O)c2)[C@H](C)C1)NC(=O)[C@H]1Cc2ccc(O)cc2C(C(C)(C)C)N1C(=O)O. The average molecular weight is 566 g/mol. The monoisotopic (exact) mass is 565 g/mol. The maximum Gasteiger partial charge on any atom is 0.408 e. The van der Waals surface area contributed by atoms with Gasteiger partial charge in [0, 0.05) is 25.6 Å². The van der Waals surface area contributed by atoms with Crippen molar-refractivity contribution in [3.05, 3.63) is 59.2 Å². The van der Waals surface area contributed by atoms with Crippen LogP contribution >= 0.6 is 0 Å². The van der Waals surface area contributed by atoms with E-state index in [-0.39, 0.29) is 41.2 Å². The molecule has 0 aromatic heterocycles. The highest BCUT2D eigenvalue weighted by Gasteiger charge is 2.47. The van der Waals surface area contributed by atoms with Crippen LogP contribution in [0.3, 0.4) is 0 Å². The van der Waals surface area contributed by atoms with Crippen LogP contribution in [0.1, 0.15) is 77.6 Å². The molecule has 1 fully saturated rings. The number of rotatable bonds is 6. The molecule has 2 aromatic rings. The van der Waals surface area contributed by atoms with E-state index >= 15 is 0 Å². The van der Waals surface area contributed by atoms with Crippen LogP contribution < -0.4 is 5.32 Å². The van der Waals surface area contributed by atoms with E-state index in [0.717, 1.165) is 36.2 Å². The van der Waals surface area contributed by atoms with Crippen molar-refractivity contribution in [3.63, 3.8) is 0 Å². The second-order valence-electron chi connectivity index (χ2n) is 13.8. The van der Waals surface area contributed by atoms with E-state index in [4.69, 9.17) is 0 Å². The summed E-state index contributed by atoms with van der Waals surface area (Å²) in [6, 6.07) is 11.0. The molecule has 2 aliphatic heterocycles. The molecule has 0 saturated carbocycles. The van der Waals surface area contributed by atoms with E-state index in [1.807, 2.05) is 32.9 Å². The lowest BCUT2D eigenvalue weighted by atomic mass is 9.68. The summed E-state index contributed by atoms with van der Waals surface area (Å²) in [5.41, 5.74) is 2.23. The van der Waals surface area contributed by atoms with Crippen LogP contribution in [0.4, 0.5) is 4.79 Å². The van der Waals surface area contributed by atoms with E-state index in [1.165, 1.54) is 4.90 Å². The summed E-state index contributed by atoms with van der Waals surface area (Å²) in [5.74, 6) is 0.573. The van der Waals surface area contributed by atoms with Crippen molar-refractivity contribution in [2.24, 2.45) is 17.3 Å². The van der Waals surface area contributed by atoms with E-state index in [0.29, 0.717) is 12.5 Å². The Morgan fingerprint density at radius 1 is 1.10 bits per heavy atom. The predicted octanol–water partition coefficient (Wildman–Crippen LogP) is 5.53. The van der Waals surface area contributed by atoms with Gasteiger partial charge < -0.3 is 25.5 Å². The van der Waals surface area contributed by atoms with Crippen molar-refractivity contribution in [3.8, 4) is 11.5 Å². The number of carbonyl (C=O) groups excluding carboxylic acids is 1. The molecule has 0 bridgehead atoms. The number of hydrogen-bond acceptors (Lipinski definition) is 5. The van der Waals surface area contributed by atoms with Gasteiger partial charge in [-0.05, 0) is 76.6 Å². The standard InChI is InChI=1S/C33H47N3O5/c1-20(2)27(19-35-14-13-33(7,21(3)18-35)23-9-8-10-24(37)16-23)34-30(39)28-15-22-11-12-25(38)17-26(22)29(32(4,5)6)36(28)31(40)41/h8-12,16-17,20-21,27-29,37-38H,13-15,18-19H2,1-7H3,(H,34,39)(H,40,41)/t21-,27-,28-,29?,33+/m1/s1. The third-order valence-corrected chi connectivity index (χ3v) is 9.46. The van der Waals surface area contributed by atoms with Crippen LogP contribution in [0.15, 0.2) is 42.5 Å². The molecular formula is C33H47N3O5. The molecule has 8 heteroatoms. The minimum Gasteiger partial charge on any atom is -0.508 e. The Hall–Kier alpha value is -3.26. The fourth-order valence-corrected chi connectivity index (χ4v) is 6.76. The molecule has 2 heterocycles. The van der Waals surface area contributed by atoms with E-state index in [9.17, 15) is 24.9 Å². The summed E-state index contributed by atoms with van der Waals surface area (Å²) in [6.07, 6.45) is 0.0490. The number of piperidine rings is 1. The summed E-state index contributed by atoms with van der Waals surface area (Å²) in [7, 11) is 0. The Morgan fingerprint density at radius 3 is 2.37 bits per heavy atom. The van der Waals surface area contributed by atoms with Gasteiger partial charge in [-0.15, -0.1) is 0 Å². The van der Waals surface area contributed by atoms with Gasteiger partial charge in [-0.25, -0.2) is 4.79 Å². The van der Waals surface area contributed by atoms with Gasteiger partial charge in [0.1, 0.15) is 17.5 Å². The first-order chi connectivity index (χ1) is 19.1. The molecule has 1 unspecified atom stereocenters. The zero-order chi connectivity index (χ0) is 30.3. The maximum absolute atomic E-state index is 13.9. The zero-order valence-corrected chi connectivity index (χ0v) is 25.5. The second kappa shape index (κ2) is 11.6. The Bertz CT molecular complexity index is 1270. The van der Waals surface area contributed by atoms with E-state index in [1.54, 1.807) is 24.3 Å². The van der Waals surface area contributed by atoms with Gasteiger partial charge in [-0.1, -0.05) is 66.7 Å². The van der Waals surface area contributed by atoms with Crippen LogP contribution in [0, 0.1) is 17.3 Å². The normalized spacial score (nSPS) is 26.0. The number of aromatic hydroxyl groups is 2. The number of phenols is 2. The van der Waals surface area contributed by atoms with Gasteiger partial charge in [0.25, 0.3) is 0 Å². The molecule has 5 atom stereocenters. The van der Waals surface area contributed by atoms with Gasteiger partial charge in [0.05, 0.1) is 6.04 Å². The fraction of sp³-hybridized carbons (Fsp3) is 0.576. The number of nitrogens with one attached hydrogen (secondary N) is 1. The maximum atomic E-state index is 13.9. The first kappa shape index (κ1) is 30.7. The lowest BCUT2D eigenvalue weighted by molar-refractivity contribution is -0.129. The van der Waals surface area contributed by atoms with Crippen molar-refractivity contribution in [1.82, 2.24) is 15.1 Å². The van der Waals surface area contributed by atoms with Crippen molar-refractivity contribution in [2.75, 3.05) is 19.6 Å². The number of carboxylic acid groups (broad SMARTS) is 1. The molecule has 0 radical (unpaired) electrons. The van der Waals surface area contributed by atoms with Crippen LogP contribution in [0.25, 0.3) is 0 Å². The lowest BCUT2D eigenvalue weighted by Crippen LogP contribution is -2.60. The Morgan fingerprint density at radius 2 is 1.78 bits per heavy atom. The number of phenolic OH excluding ortho intramolecular Hbond substituents is 2. The number of carbonyl (C=O) groups is 2. The Labute approximate surface area is 244 Å². The second-order valence-corrected chi connectivity index (χ2v) is 13.8. The summed E-state index contributed by atoms with van der Waals surface area (Å²) in [5, 5.41) is 33.8. The average Bonchev–Trinajstić information content (AvgIpc) is 2.88. The van der Waals surface area contributed by atoms with Crippen molar-refractivity contribution >= 4 is 12.0 Å². The smallest absolute Gasteiger partial charge is 0.408 e. The first-order valence-corrected chi connectivity index (χ1v) is 14.8. The van der Waals surface area contributed by atoms with Crippen molar-refractivity contribution < 1.29 is 24.9 Å². The molecule has 1 saturated heterocycles. The number of hydrogen-bond donors (Lipinski definition) is 4. The van der Waals surface area contributed by atoms with Crippen LogP contribution in [-0.4, -0.2) is 68.8 Å². The van der Waals surface area contributed by atoms with Crippen LogP contribution in [-0.2, 0) is 16.6 Å². The summed E-state index contributed by atoms with van der Waals surface area (Å²) < 4.78 is 0. The lowest BCUT2D eigenvalue weighted by Gasteiger charge is -2.47. The number of likely N-dealkylation sites (tertiary alicyclic amines) is 1. The molecule has 2 aliphatic rings. The molecular weight excluding hydrogens is 518 g/mol. The van der Waals surface area contributed by atoms with Gasteiger partial charge in [-0.2, -0.15) is 0 Å². The highest BCUT2D eigenvalue weighted by atomic mass is 16.4. The molecule has 4 N–H and O–H groups in total. The first-order valence-electron chi connectivity index (χ1n) is 14.8. The van der Waals surface area contributed by atoms with Crippen LogP contribution in [0.5, 0.6) is 11.5 Å². The van der Waals surface area contributed by atoms with Crippen molar-refractivity contribution in [2.45, 2.75) is 84.8 Å². The van der Waals surface area contributed by atoms with Crippen molar-refractivity contribution in [1.29, 1.82) is 0 Å². The summed E-state index contributed by atoms with van der Waals surface area (Å²) in [4.78, 5) is 30.2. The molecule has 8 nitrogen and oxygen atoms in total. The molecule has 2 aromatic carbocycles. The van der Waals surface area contributed by atoms with Crippen LogP contribution in [0.2, 0.25) is 0 Å². The molecule has 0 spiro atoms. The predicted molar refractivity (Wildman–Crippen MR) is 160 cm³/mol. The Kier molecular flexibility index (Phi) is 8.65. The fourth-order valence-electron chi connectivity index (χ4n) is 6.76. The quantitative estimate of drug-likeness (QED) is 0.366. The number of amides is 2. The third kappa shape index (κ3) is 6.32. The minimum atomic E-state index is -1.14. The number of benzene rings is 2. The molecule has 0 aliphatic carbocycles. The van der Waals surface area contributed by atoms with E-state index < -0.39 is 23.6 Å².